The summed E-state index contributed by atoms with van der Waals surface area (Å²) in [6.07, 6.45) is 2.96. The van der Waals surface area contributed by atoms with Crippen LogP contribution in [0.4, 0.5) is 5.82 Å². The number of ether oxygens (including phenoxy) is 4. The summed E-state index contributed by atoms with van der Waals surface area (Å²) in [5.74, 6) is 3.31. The highest BCUT2D eigenvalue weighted by Crippen LogP contribution is 2.34. The molecule has 0 bridgehead atoms. The van der Waals surface area contributed by atoms with Gasteiger partial charge in [-0.2, -0.15) is 0 Å². The van der Waals surface area contributed by atoms with E-state index in [1.54, 1.807) is 21.3 Å². The van der Waals surface area contributed by atoms with Gasteiger partial charge in [0.05, 0.1) is 20.8 Å². The number of fused-ring (bicyclic) bond motifs is 1. The number of halogens is 2. The molecule has 0 spiro atoms. The van der Waals surface area contributed by atoms with Gasteiger partial charge in [0.15, 0.2) is 5.82 Å². The fraction of sp³-hybridized carbons (Fsp3) is 0.375. The molecule has 226 valence electrons. The molecule has 0 amide bonds. The first-order valence-electron chi connectivity index (χ1n) is 13.8. The second-order valence-corrected chi connectivity index (χ2v) is 10.1. The summed E-state index contributed by atoms with van der Waals surface area (Å²) < 4.78 is 21.7. The lowest BCUT2D eigenvalue weighted by Crippen LogP contribution is -2.38. The largest absolute Gasteiger partial charge is 0.497 e. The van der Waals surface area contributed by atoms with Crippen molar-refractivity contribution in [3.8, 4) is 28.5 Å². The second kappa shape index (κ2) is 16.4. The Kier molecular flexibility index (Phi) is 12.9. The molecule has 4 aromatic rings. The Bertz CT molecular complexity index is 1380. The Balaban J connectivity index is 0.00000242. The lowest BCUT2D eigenvalue weighted by molar-refractivity contribution is 0.172. The van der Waals surface area contributed by atoms with Crippen LogP contribution in [0, 0.1) is 0 Å². The second-order valence-electron chi connectivity index (χ2n) is 10.1. The minimum absolute atomic E-state index is 0. The van der Waals surface area contributed by atoms with Crippen molar-refractivity contribution in [1.82, 2.24) is 15.1 Å². The number of nitrogens with zero attached hydrogens (tertiary/aromatic N) is 3. The Morgan fingerprint density at radius 1 is 0.762 bits per heavy atom. The van der Waals surface area contributed by atoms with E-state index in [0.29, 0.717) is 12.6 Å². The Labute approximate surface area is 260 Å². The number of likely N-dealkylation sites (tertiary alicyclic amines) is 1. The smallest absolute Gasteiger partial charge is 0.156 e. The maximum atomic E-state index is 5.78. The van der Waals surface area contributed by atoms with E-state index in [1.165, 1.54) is 5.56 Å². The third kappa shape index (κ3) is 8.38. The highest BCUT2D eigenvalue weighted by atomic mass is 35.5. The molecule has 1 aromatic heterocycles. The van der Waals surface area contributed by atoms with Crippen molar-refractivity contribution in [2.75, 3.05) is 52.9 Å². The predicted molar refractivity (Wildman–Crippen MR) is 173 cm³/mol. The molecule has 1 aliphatic heterocycles. The molecular weight excluding hydrogens is 575 g/mol. The number of piperidine rings is 1. The molecule has 1 aliphatic rings. The molecule has 0 unspecified atom stereocenters. The summed E-state index contributed by atoms with van der Waals surface area (Å²) in [5.41, 5.74) is 3.13. The van der Waals surface area contributed by atoms with E-state index in [4.69, 9.17) is 18.9 Å². The molecule has 1 N–H and O–H groups in total. The monoisotopic (exact) mass is 614 g/mol. The SMILES string of the molecule is COCCCOc1ccc(CN2CCC(Nc3nnc(-c4ccc(OC)cc4)c4ccc(OC)cc34)CC2)cc1.Cl.Cl. The lowest BCUT2D eigenvalue weighted by atomic mass is 10.0. The van der Waals surface area contributed by atoms with Crippen molar-refractivity contribution in [3.63, 3.8) is 0 Å². The number of methoxy groups -OCH3 is 3. The first kappa shape index (κ1) is 33.2. The van der Waals surface area contributed by atoms with Gasteiger partial charge in [-0.15, -0.1) is 35.0 Å². The van der Waals surface area contributed by atoms with Gasteiger partial charge in [-0.05, 0) is 73.0 Å². The molecule has 0 saturated carbocycles. The van der Waals surface area contributed by atoms with Gasteiger partial charge in [0.25, 0.3) is 0 Å². The quantitative estimate of drug-likeness (QED) is 0.178. The van der Waals surface area contributed by atoms with Crippen LogP contribution in [0.3, 0.4) is 0 Å². The maximum absolute atomic E-state index is 5.78. The van der Waals surface area contributed by atoms with Crippen LogP contribution in [-0.2, 0) is 11.3 Å². The van der Waals surface area contributed by atoms with Gasteiger partial charge >= 0.3 is 0 Å². The fourth-order valence-electron chi connectivity index (χ4n) is 5.10. The Hall–Kier alpha value is -3.30. The molecule has 2 heterocycles. The maximum Gasteiger partial charge on any atom is 0.156 e. The predicted octanol–water partition coefficient (Wildman–Crippen LogP) is 6.65. The zero-order chi connectivity index (χ0) is 27.7. The molecule has 3 aromatic carbocycles. The molecule has 5 rings (SSSR count). The van der Waals surface area contributed by atoms with Crippen molar-refractivity contribution in [2.45, 2.75) is 31.8 Å². The first-order chi connectivity index (χ1) is 19.7. The molecule has 42 heavy (non-hydrogen) atoms. The number of nitrogens with one attached hydrogen (secondary N) is 1. The summed E-state index contributed by atoms with van der Waals surface area (Å²) >= 11 is 0. The van der Waals surface area contributed by atoms with E-state index in [1.807, 2.05) is 36.4 Å². The standard InChI is InChI=1S/C32H38N4O4.2ClH/c1-37-19-4-20-40-27-9-5-23(6-10-27)22-36-17-15-25(16-18-36)33-32-30-21-28(39-3)13-14-29(30)31(34-35-32)24-7-11-26(38-2)12-8-24;;/h5-14,21,25H,4,15-20,22H2,1-3H3,(H,33,35);2*1H. The van der Waals surface area contributed by atoms with Crippen LogP contribution in [0.15, 0.2) is 66.7 Å². The van der Waals surface area contributed by atoms with Crippen LogP contribution in [0.25, 0.3) is 22.0 Å². The summed E-state index contributed by atoms with van der Waals surface area (Å²) in [4.78, 5) is 2.51. The highest BCUT2D eigenvalue weighted by Gasteiger charge is 2.21. The number of benzene rings is 3. The summed E-state index contributed by atoms with van der Waals surface area (Å²) in [6, 6.07) is 22.8. The fourth-order valence-corrected chi connectivity index (χ4v) is 5.10. The highest BCUT2D eigenvalue weighted by molar-refractivity contribution is 6.00. The average molecular weight is 616 g/mol. The number of aromatic nitrogens is 2. The van der Waals surface area contributed by atoms with Gasteiger partial charge in [-0.1, -0.05) is 12.1 Å². The topological polar surface area (TPSA) is 78.0 Å². The van der Waals surface area contributed by atoms with Gasteiger partial charge < -0.3 is 24.3 Å². The van der Waals surface area contributed by atoms with Crippen molar-refractivity contribution in [2.24, 2.45) is 0 Å². The molecule has 0 atom stereocenters. The van der Waals surface area contributed by atoms with Gasteiger partial charge in [0, 0.05) is 62.1 Å². The van der Waals surface area contributed by atoms with E-state index in [-0.39, 0.29) is 24.8 Å². The molecular formula is C32H40Cl2N4O4. The van der Waals surface area contributed by atoms with Crippen LogP contribution in [0.1, 0.15) is 24.8 Å². The zero-order valence-electron chi connectivity index (χ0n) is 24.4. The number of hydrogen-bond acceptors (Lipinski definition) is 8. The Morgan fingerprint density at radius 3 is 2.10 bits per heavy atom. The third-order valence-electron chi connectivity index (χ3n) is 7.37. The lowest BCUT2D eigenvalue weighted by Gasteiger charge is -2.32. The van der Waals surface area contributed by atoms with E-state index in [0.717, 1.165) is 90.6 Å². The van der Waals surface area contributed by atoms with Crippen LogP contribution >= 0.6 is 24.8 Å². The molecule has 0 radical (unpaired) electrons. The Morgan fingerprint density at radius 2 is 1.43 bits per heavy atom. The molecule has 1 saturated heterocycles. The minimum Gasteiger partial charge on any atom is -0.497 e. The van der Waals surface area contributed by atoms with Crippen molar-refractivity contribution < 1.29 is 18.9 Å². The third-order valence-corrected chi connectivity index (χ3v) is 7.37. The van der Waals surface area contributed by atoms with Gasteiger partial charge in [-0.25, -0.2) is 0 Å². The zero-order valence-corrected chi connectivity index (χ0v) is 26.0. The van der Waals surface area contributed by atoms with E-state index in [2.05, 4.69) is 50.7 Å². The average Bonchev–Trinajstić information content (AvgIpc) is 3.01. The molecule has 8 nitrogen and oxygen atoms in total. The summed E-state index contributed by atoms with van der Waals surface area (Å²) in [5, 5.41) is 15.0. The summed E-state index contributed by atoms with van der Waals surface area (Å²) in [7, 11) is 5.07. The van der Waals surface area contributed by atoms with Crippen LogP contribution in [-0.4, -0.2) is 68.8 Å². The van der Waals surface area contributed by atoms with Crippen LogP contribution in [0.5, 0.6) is 17.2 Å². The van der Waals surface area contributed by atoms with Gasteiger partial charge in [0.1, 0.15) is 22.9 Å². The normalized spacial score (nSPS) is 13.6. The van der Waals surface area contributed by atoms with E-state index >= 15 is 0 Å². The van der Waals surface area contributed by atoms with Crippen molar-refractivity contribution in [3.05, 3.63) is 72.3 Å². The summed E-state index contributed by atoms with van der Waals surface area (Å²) in [6.45, 7) is 4.36. The first-order valence-corrected chi connectivity index (χ1v) is 13.8. The van der Waals surface area contributed by atoms with Crippen LogP contribution in [0.2, 0.25) is 0 Å². The number of rotatable bonds is 12. The van der Waals surface area contributed by atoms with Gasteiger partial charge in [-0.3, -0.25) is 4.90 Å². The van der Waals surface area contributed by atoms with E-state index < -0.39 is 0 Å². The van der Waals surface area contributed by atoms with Crippen LogP contribution < -0.4 is 19.5 Å². The molecule has 10 heteroatoms. The molecule has 0 aliphatic carbocycles. The van der Waals surface area contributed by atoms with Crippen molar-refractivity contribution in [1.29, 1.82) is 0 Å². The molecule has 1 fully saturated rings. The van der Waals surface area contributed by atoms with E-state index in [9.17, 15) is 0 Å². The van der Waals surface area contributed by atoms with Crippen molar-refractivity contribution >= 4 is 41.4 Å². The van der Waals surface area contributed by atoms with Gasteiger partial charge in [0.2, 0.25) is 0 Å². The minimum atomic E-state index is 0. The number of hydrogen-bond donors (Lipinski definition) is 1. The number of anilines is 1.